The van der Waals surface area contributed by atoms with Gasteiger partial charge in [-0.05, 0) is 48.4 Å². The van der Waals surface area contributed by atoms with Gasteiger partial charge >= 0.3 is 0 Å². The van der Waals surface area contributed by atoms with Gasteiger partial charge in [-0.1, -0.05) is 12.1 Å². The number of fused-ring (bicyclic) bond motifs is 1. The SMILES string of the molecule is N#Cc1ccc2c(ccn2CCc2ccc(N)cc2)c1. The van der Waals surface area contributed by atoms with Gasteiger partial charge in [0, 0.05) is 29.3 Å². The molecule has 0 saturated carbocycles. The maximum atomic E-state index is 8.91. The standard InChI is InChI=1S/C17H15N3/c18-12-14-3-6-17-15(11-14)8-10-20(17)9-7-13-1-4-16(19)5-2-13/h1-6,8,10-11H,7,9,19H2. The van der Waals surface area contributed by atoms with Crippen molar-refractivity contribution in [3.63, 3.8) is 0 Å². The van der Waals surface area contributed by atoms with Crippen LogP contribution in [0.15, 0.2) is 54.7 Å². The summed E-state index contributed by atoms with van der Waals surface area (Å²) in [6, 6.07) is 18.0. The van der Waals surface area contributed by atoms with E-state index in [0.29, 0.717) is 5.56 Å². The van der Waals surface area contributed by atoms with Gasteiger partial charge in [-0.3, -0.25) is 0 Å². The van der Waals surface area contributed by atoms with Gasteiger partial charge in [0.05, 0.1) is 11.6 Å². The maximum Gasteiger partial charge on any atom is 0.0991 e. The van der Waals surface area contributed by atoms with Crippen LogP contribution in [0.3, 0.4) is 0 Å². The Morgan fingerprint density at radius 3 is 2.60 bits per heavy atom. The number of aryl methyl sites for hydroxylation is 2. The van der Waals surface area contributed by atoms with E-state index in [-0.39, 0.29) is 0 Å². The Kier molecular flexibility index (Phi) is 3.14. The highest BCUT2D eigenvalue weighted by Gasteiger charge is 2.02. The van der Waals surface area contributed by atoms with E-state index in [0.717, 1.165) is 24.0 Å². The molecule has 3 nitrogen and oxygen atoms in total. The summed E-state index contributed by atoms with van der Waals surface area (Å²) in [6.07, 6.45) is 3.03. The summed E-state index contributed by atoms with van der Waals surface area (Å²) in [5.74, 6) is 0. The molecule has 0 bridgehead atoms. The van der Waals surface area contributed by atoms with E-state index in [1.54, 1.807) is 0 Å². The van der Waals surface area contributed by atoms with Gasteiger partial charge in [-0.25, -0.2) is 0 Å². The van der Waals surface area contributed by atoms with Crippen molar-refractivity contribution in [1.29, 1.82) is 5.26 Å². The molecule has 3 rings (SSSR count). The smallest absolute Gasteiger partial charge is 0.0991 e. The normalized spacial score (nSPS) is 10.6. The van der Waals surface area contributed by atoms with Gasteiger partial charge in [0.25, 0.3) is 0 Å². The summed E-state index contributed by atoms with van der Waals surface area (Å²) < 4.78 is 2.22. The van der Waals surface area contributed by atoms with Crippen molar-refractivity contribution >= 4 is 16.6 Å². The molecule has 0 spiro atoms. The van der Waals surface area contributed by atoms with E-state index in [4.69, 9.17) is 11.0 Å². The molecule has 2 N–H and O–H groups in total. The first-order valence-electron chi connectivity index (χ1n) is 6.60. The van der Waals surface area contributed by atoms with Crippen LogP contribution in [0.25, 0.3) is 10.9 Å². The minimum absolute atomic E-state index is 0.703. The number of nitrogen functional groups attached to an aromatic ring is 1. The molecule has 0 aliphatic rings. The fourth-order valence-corrected chi connectivity index (χ4v) is 2.40. The lowest BCUT2D eigenvalue weighted by Crippen LogP contribution is -1.99. The van der Waals surface area contributed by atoms with Crippen molar-refractivity contribution in [2.45, 2.75) is 13.0 Å². The number of hydrogen-bond acceptors (Lipinski definition) is 2. The lowest BCUT2D eigenvalue weighted by Gasteiger charge is -2.06. The quantitative estimate of drug-likeness (QED) is 0.735. The number of nitrogens with two attached hydrogens (primary N) is 1. The molecule has 0 radical (unpaired) electrons. The molecule has 3 aromatic rings. The summed E-state index contributed by atoms with van der Waals surface area (Å²) in [5, 5.41) is 10.0. The van der Waals surface area contributed by atoms with E-state index in [1.165, 1.54) is 11.1 Å². The van der Waals surface area contributed by atoms with Crippen LogP contribution in [-0.4, -0.2) is 4.57 Å². The van der Waals surface area contributed by atoms with Crippen molar-refractivity contribution < 1.29 is 0 Å². The molecule has 0 atom stereocenters. The zero-order valence-corrected chi connectivity index (χ0v) is 11.1. The predicted octanol–water partition coefficient (Wildman–Crippen LogP) is 3.34. The number of aromatic nitrogens is 1. The minimum Gasteiger partial charge on any atom is -0.399 e. The van der Waals surface area contributed by atoms with Crippen molar-refractivity contribution in [1.82, 2.24) is 4.57 Å². The third kappa shape index (κ3) is 2.36. The zero-order chi connectivity index (χ0) is 13.9. The summed E-state index contributed by atoms with van der Waals surface area (Å²) in [7, 11) is 0. The molecule has 3 heteroatoms. The fourth-order valence-electron chi connectivity index (χ4n) is 2.40. The van der Waals surface area contributed by atoms with Crippen LogP contribution in [0.5, 0.6) is 0 Å². The fraction of sp³-hybridized carbons (Fsp3) is 0.118. The molecule has 0 saturated heterocycles. The molecular formula is C17H15N3. The van der Waals surface area contributed by atoms with Gasteiger partial charge < -0.3 is 10.3 Å². The Bertz CT molecular complexity index is 776. The van der Waals surface area contributed by atoms with Crippen LogP contribution in [0.2, 0.25) is 0 Å². The molecule has 0 unspecified atom stereocenters. The molecule has 2 aromatic carbocycles. The van der Waals surface area contributed by atoms with Gasteiger partial charge in [0.2, 0.25) is 0 Å². The first kappa shape index (κ1) is 12.3. The molecule has 0 aliphatic carbocycles. The number of nitrogens with zero attached hydrogens (tertiary/aromatic N) is 2. The van der Waals surface area contributed by atoms with Gasteiger partial charge in [-0.2, -0.15) is 5.26 Å². The third-order valence-corrected chi connectivity index (χ3v) is 3.52. The molecule has 98 valence electrons. The average molecular weight is 261 g/mol. The summed E-state index contributed by atoms with van der Waals surface area (Å²) >= 11 is 0. The molecular weight excluding hydrogens is 246 g/mol. The first-order chi connectivity index (χ1) is 9.76. The number of nitriles is 1. The lowest BCUT2D eigenvalue weighted by molar-refractivity contribution is 0.723. The van der Waals surface area contributed by atoms with Crippen molar-refractivity contribution in [2.24, 2.45) is 0 Å². The molecule has 1 heterocycles. The van der Waals surface area contributed by atoms with E-state index in [9.17, 15) is 0 Å². The predicted molar refractivity (Wildman–Crippen MR) is 81.2 cm³/mol. The Morgan fingerprint density at radius 2 is 1.85 bits per heavy atom. The highest BCUT2D eigenvalue weighted by molar-refractivity contribution is 5.81. The molecule has 1 aromatic heterocycles. The number of anilines is 1. The highest BCUT2D eigenvalue weighted by Crippen LogP contribution is 2.18. The van der Waals surface area contributed by atoms with Crippen LogP contribution < -0.4 is 5.73 Å². The average Bonchev–Trinajstić information content (AvgIpc) is 2.89. The van der Waals surface area contributed by atoms with E-state index in [2.05, 4.69) is 35.0 Å². The molecule has 0 aliphatic heterocycles. The van der Waals surface area contributed by atoms with E-state index >= 15 is 0 Å². The Labute approximate surface area is 117 Å². The molecule has 0 amide bonds. The zero-order valence-electron chi connectivity index (χ0n) is 11.1. The van der Waals surface area contributed by atoms with E-state index < -0.39 is 0 Å². The van der Waals surface area contributed by atoms with Crippen LogP contribution in [-0.2, 0) is 13.0 Å². The lowest BCUT2D eigenvalue weighted by atomic mass is 10.1. The van der Waals surface area contributed by atoms with Crippen LogP contribution in [0.4, 0.5) is 5.69 Å². The van der Waals surface area contributed by atoms with Crippen molar-refractivity contribution in [2.75, 3.05) is 5.73 Å². The Balaban J connectivity index is 1.81. The number of rotatable bonds is 3. The van der Waals surface area contributed by atoms with Crippen LogP contribution in [0, 0.1) is 11.3 Å². The van der Waals surface area contributed by atoms with Crippen LogP contribution in [0.1, 0.15) is 11.1 Å². The largest absolute Gasteiger partial charge is 0.399 e. The topological polar surface area (TPSA) is 54.7 Å². The van der Waals surface area contributed by atoms with Gasteiger partial charge in [0.15, 0.2) is 0 Å². The summed E-state index contributed by atoms with van der Waals surface area (Å²) in [5.41, 5.74) is 9.62. The van der Waals surface area contributed by atoms with Crippen molar-refractivity contribution in [3.8, 4) is 6.07 Å². The second-order valence-corrected chi connectivity index (χ2v) is 4.89. The summed E-state index contributed by atoms with van der Waals surface area (Å²) in [4.78, 5) is 0. The third-order valence-electron chi connectivity index (χ3n) is 3.52. The second-order valence-electron chi connectivity index (χ2n) is 4.89. The Hall–Kier alpha value is -2.73. The van der Waals surface area contributed by atoms with Crippen LogP contribution >= 0.6 is 0 Å². The maximum absolute atomic E-state index is 8.91. The second kappa shape index (κ2) is 5.10. The van der Waals surface area contributed by atoms with Gasteiger partial charge in [-0.15, -0.1) is 0 Å². The Morgan fingerprint density at radius 1 is 1.05 bits per heavy atom. The number of benzene rings is 2. The van der Waals surface area contributed by atoms with Gasteiger partial charge in [0.1, 0.15) is 0 Å². The highest BCUT2D eigenvalue weighted by atomic mass is 14.9. The number of hydrogen-bond donors (Lipinski definition) is 1. The summed E-state index contributed by atoms with van der Waals surface area (Å²) in [6.45, 7) is 0.916. The molecule has 20 heavy (non-hydrogen) atoms. The first-order valence-corrected chi connectivity index (χ1v) is 6.60. The van der Waals surface area contributed by atoms with Crippen molar-refractivity contribution in [3.05, 3.63) is 65.9 Å². The monoisotopic (exact) mass is 261 g/mol. The minimum atomic E-state index is 0.703. The molecule has 0 fully saturated rings. The van der Waals surface area contributed by atoms with E-state index in [1.807, 2.05) is 30.3 Å².